The molecule has 0 saturated heterocycles. The van der Waals surface area contributed by atoms with Gasteiger partial charge >= 0.3 is 5.97 Å². The molecule has 2 heterocycles. The molecule has 108 valence electrons. The molecule has 0 aliphatic carbocycles. The summed E-state index contributed by atoms with van der Waals surface area (Å²) in [7, 11) is 0. The summed E-state index contributed by atoms with van der Waals surface area (Å²) in [6, 6.07) is -0.986. The van der Waals surface area contributed by atoms with Crippen molar-refractivity contribution in [2.45, 2.75) is 38.8 Å². The van der Waals surface area contributed by atoms with Crippen LogP contribution in [-0.4, -0.2) is 42.3 Å². The van der Waals surface area contributed by atoms with Crippen molar-refractivity contribution in [1.29, 1.82) is 0 Å². The molecule has 0 saturated carbocycles. The Morgan fingerprint density at radius 3 is 3.10 bits per heavy atom. The lowest BCUT2D eigenvalue weighted by Gasteiger charge is -2.01. The van der Waals surface area contributed by atoms with E-state index in [9.17, 15) is 4.79 Å². The molecule has 20 heavy (non-hydrogen) atoms. The predicted octanol–water partition coefficient (Wildman–Crippen LogP) is -0.384. The molecule has 0 aromatic carbocycles. The molecule has 0 radical (unpaired) electrons. The third kappa shape index (κ3) is 3.60. The number of carboxylic acids is 1. The summed E-state index contributed by atoms with van der Waals surface area (Å²) in [5, 5.41) is 20.3. The van der Waals surface area contributed by atoms with Crippen LogP contribution in [0.25, 0.3) is 0 Å². The second kappa shape index (κ2) is 6.24. The van der Waals surface area contributed by atoms with Crippen LogP contribution in [0, 0.1) is 0 Å². The van der Waals surface area contributed by atoms with Crippen LogP contribution in [0.5, 0.6) is 0 Å². The minimum Gasteiger partial charge on any atom is -0.480 e. The van der Waals surface area contributed by atoms with E-state index in [-0.39, 0.29) is 6.42 Å². The quantitative estimate of drug-likeness (QED) is 0.701. The van der Waals surface area contributed by atoms with E-state index in [1.807, 2.05) is 6.92 Å². The Kier molecular flexibility index (Phi) is 4.41. The molecular weight excluding hydrogens is 264 g/mol. The molecule has 1 atom stereocenters. The lowest BCUT2D eigenvalue weighted by molar-refractivity contribution is -0.138. The number of aryl methyl sites for hydroxylation is 1. The van der Waals surface area contributed by atoms with Crippen molar-refractivity contribution >= 4 is 5.97 Å². The van der Waals surface area contributed by atoms with Crippen molar-refractivity contribution in [3.63, 3.8) is 0 Å². The first kappa shape index (κ1) is 14.1. The van der Waals surface area contributed by atoms with Crippen molar-refractivity contribution in [3.05, 3.63) is 23.6 Å². The molecule has 0 amide bonds. The molecule has 2 rings (SSSR count). The molecule has 3 N–H and O–H groups in total. The van der Waals surface area contributed by atoms with Gasteiger partial charge in [-0.2, -0.15) is 4.98 Å². The summed E-state index contributed by atoms with van der Waals surface area (Å²) in [5.41, 5.74) is 5.94. The number of aliphatic carboxylic acids is 1. The second-order valence-electron chi connectivity index (χ2n) is 4.41. The minimum absolute atomic E-state index is 0.125. The average Bonchev–Trinajstić information content (AvgIpc) is 3.00. The van der Waals surface area contributed by atoms with E-state index in [0.717, 1.165) is 12.8 Å². The maximum atomic E-state index is 10.7. The standard InChI is InChI=1S/C11H16N6O3/c1-2-3-9-13-10(20-15-9)6-17-5-7(14-16-17)4-8(12)11(18)19/h5,8H,2-4,6,12H2,1H3,(H,18,19). The Hall–Kier alpha value is -2.29. The normalized spacial score (nSPS) is 12.5. The zero-order valence-electron chi connectivity index (χ0n) is 11.1. The summed E-state index contributed by atoms with van der Waals surface area (Å²) in [5.74, 6) is 0.0313. The van der Waals surface area contributed by atoms with Crippen LogP contribution >= 0.6 is 0 Å². The number of nitrogens with zero attached hydrogens (tertiary/aromatic N) is 5. The van der Waals surface area contributed by atoms with Gasteiger partial charge in [0.2, 0.25) is 5.89 Å². The number of aromatic nitrogens is 5. The van der Waals surface area contributed by atoms with E-state index in [2.05, 4.69) is 20.5 Å². The van der Waals surface area contributed by atoms with Crippen molar-refractivity contribution < 1.29 is 14.4 Å². The maximum Gasteiger partial charge on any atom is 0.320 e. The summed E-state index contributed by atoms with van der Waals surface area (Å²) < 4.78 is 6.59. The largest absolute Gasteiger partial charge is 0.480 e. The van der Waals surface area contributed by atoms with Crippen LogP contribution in [0.3, 0.4) is 0 Å². The smallest absolute Gasteiger partial charge is 0.320 e. The molecule has 0 aliphatic heterocycles. The molecule has 0 spiro atoms. The molecule has 0 bridgehead atoms. The number of hydrogen-bond acceptors (Lipinski definition) is 7. The van der Waals surface area contributed by atoms with Gasteiger partial charge in [0.1, 0.15) is 12.6 Å². The summed E-state index contributed by atoms with van der Waals surface area (Å²) in [6.45, 7) is 2.33. The van der Waals surface area contributed by atoms with Crippen LogP contribution in [0.1, 0.15) is 30.8 Å². The van der Waals surface area contributed by atoms with E-state index in [1.54, 1.807) is 6.20 Å². The van der Waals surface area contributed by atoms with Gasteiger partial charge in [-0.25, -0.2) is 4.68 Å². The number of carbonyl (C=O) groups is 1. The van der Waals surface area contributed by atoms with E-state index in [0.29, 0.717) is 24.0 Å². The highest BCUT2D eigenvalue weighted by Crippen LogP contribution is 2.04. The van der Waals surface area contributed by atoms with E-state index < -0.39 is 12.0 Å². The number of nitrogens with two attached hydrogens (primary N) is 1. The molecule has 9 nitrogen and oxygen atoms in total. The first-order valence-electron chi connectivity index (χ1n) is 6.27. The van der Waals surface area contributed by atoms with Crippen LogP contribution < -0.4 is 5.73 Å². The third-order valence-electron chi connectivity index (χ3n) is 2.61. The SMILES string of the molecule is CCCc1noc(Cn2cc(CC(N)C(=O)O)nn2)n1. The van der Waals surface area contributed by atoms with Gasteiger partial charge in [0.15, 0.2) is 5.82 Å². The van der Waals surface area contributed by atoms with Gasteiger partial charge in [0.25, 0.3) is 0 Å². The summed E-state index contributed by atoms with van der Waals surface area (Å²) in [6.07, 6.45) is 3.45. The van der Waals surface area contributed by atoms with Crippen LogP contribution in [-0.2, 0) is 24.2 Å². The highest BCUT2D eigenvalue weighted by molar-refractivity contribution is 5.73. The Bertz CT molecular complexity index is 578. The van der Waals surface area contributed by atoms with Crippen molar-refractivity contribution in [2.75, 3.05) is 0 Å². The molecular formula is C11H16N6O3. The zero-order valence-corrected chi connectivity index (χ0v) is 11.1. The minimum atomic E-state index is -1.07. The van der Waals surface area contributed by atoms with Crippen molar-refractivity contribution in [1.82, 2.24) is 25.1 Å². The van der Waals surface area contributed by atoms with Gasteiger partial charge in [0.05, 0.1) is 5.69 Å². The highest BCUT2D eigenvalue weighted by atomic mass is 16.5. The molecule has 2 aromatic heterocycles. The Morgan fingerprint density at radius 1 is 1.60 bits per heavy atom. The van der Waals surface area contributed by atoms with E-state index >= 15 is 0 Å². The lowest BCUT2D eigenvalue weighted by Crippen LogP contribution is -2.32. The third-order valence-corrected chi connectivity index (χ3v) is 2.61. The molecule has 9 heteroatoms. The Balaban J connectivity index is 1.96. The Labute approximate surface area is 114 Å². The van der Waals surface area contributed by atoms with Gasteiger partial charge in [-0.05, 0) is 6.42 Å². The van der Waals surface area contributed by atoms with Crippen LogP contribution in [0.4, 0.5) is 0 Å². The highest BCUT2D eigenvalue weighted by Gasteiger charge is 2.15. The van der Waals surface area contributed by atoms with E-state index in [1.165, 1.54) is 4.68 Å². The van der Waals surface area contributed by atoms with Gasteiger partial charge in [0, 0.05) is 19.0 Å². The van der Waals surface area contributed by atoms with Crippen molar-refractivity contribution in [3.8, 4) is 0 Å². The molecule has 2 aromatic rings. The second-order valence-corrected chi connectivity index (χ2v) is 4.41. The number of rotatable bonds is 7. The van der Waals surface area contributed by atoms with Gasteiger partial charge < -0.3 is 15.4 Å². The Morgan fingerprint density at radius 2 is 2.40 bits per heavy atom. The zero-order chi connectivity index (χ0) is 14.5. The fourth-order valence-electron chi connectivity index (χ4n) is 1.64. The fraction of sp³-hybridized carbons (Fsp3) is 0.545. The van der Waals surface area contributed by atoms with Gasteiger partial charge in [-0.1, -0.05) is 17.3 Å². The summed E-state index contributed by atoms with van der Waals surface area (Å²) in [4.78, 5) is 14.9. The monoisotopic (exact) mass is 280 g/mol. The van der Waals surface area contributed by atoms with E-state index in [4.69, 9.17) is 15.4 Å². The molecule has 0 fully saturated rings. The first-order chi connectivity index (χ1) is 9.58. The topological polar surface area (TPSA) is 133 Å². The lowest BCUT2D eigenvalue weighted by atomic mass is 10.2. The molecule has 0 aliphatic rings. The van der Waals surface area contributed by atoms with Crippen molar-refractivity contribution in [2.24, 2.45) is 5.73 Å². The number of carboxylic acid groups (broad SMARTS) is 1. The van der Waals surface area contributed by atoms with Gasteiger partial charge in [-0.3, -0.25) is 4.79 Å². The predicted molar refractivity (Wildman–Crippen MR) is 66.7 cm³/mol. The first-order valence-corrected chi connectivity index (χ1v) is 6.27. The number of hydrogen-bond donors (Lipinski definition) is 2. The fourth-order valence-corrected chi connectivity index (χ4v) is 1.64. The van der Waals surface area contributed by atoms with Gasteiger partial charge in [-0.15, -0.1) is 5.10 Å². The molecule has 1 unspecified atom stereocenters. The average molecular weight is 280 g/mol. The maximum absolute atomic E-state index is 10.7. The van der Waals surface area contributed by atoms with Crippen LogP contribution in [0.15, 0.2) is 10.7 Å². The summed E-state index contributed by atoms with van der Waals surface area (Å²) >= 11 is 0. The van der Waals surface area contributed by atoms with Crippen LogP contribution in [0.2, 0.25) is 0 Å².